The number of morpholine rings is 1. The van der Waals surface area contributed by atoms with Crippen molar-refractivity contribution in [1.29, 1.82) is 0 Å². The molecule has 15 heavy (non-hydrogen) atoms. The summed E-state index contributed by atoms with van der Waals surface area (Å²) in [6.07, 6.45) is 3.13. The van der Waals surface area contributed by atoms with Gasteiger partial charge in [-0.3, -0.25) is 0 Å². The molecule has 0 N–H and O–H groups in total. The quantitative estimate of drug-likeness (QED) is 0.678. The second kappa shape index (κ2) is 4.78. The minimum atomic E-state index is -3.20. The van der Waals surface area contributed by atoms with Gasteiger partial charge in [0.15, 0.2) is 0 Å². The summed E-state index contributed by atoms with van der Waals surface area (Å²) in [7, 11) is -3.20. The van der Waals surface area contributed by atoms with Gasteiger partial charge in [-0.15, -0.1) is 0 Å². The number of hydrogen-bond donors (Lipinski definition) is 0. The Morgan fingerprint density at radius 3 is 1.93 bits per heavy atom. The lowest BCUT2D eigenvalue weighted by atomic mass is 10.2. The topological polar surface area (TPSA) is 49.9 Å². The molecule has 0 aromatic carbocycles. The number of nitrogens with zero attached hydrogens (tertiary/aromatic N) is 2. The van der Waals surface area contributed by atoms with Crippen molar-refractivity contribution >= 4 is 10.2 Å². The lowest BCUT2D eigenvalue weighted by molar-refractivity contribution is 0.0697. The molecule has 0 saturated carbocycles. The summed E-state index contributed by atoms with van der Waals surface area (Å²) in [4.78, 5) is 0. The first-order chi connectivity index (χ1) is 7.21. The Bertz CT molecular complexity index is 268. The van der Waals surface area contributed by atoms with Crippen molar-refractivity contribution in [3.05, 3.63) is 0 Å². The van der Waals surface area contributed by atoms with E-state index in [4.69, 9.17) is 4.74 Å². The van der Waals surface area contributed by atoms with E-state index >= 15 is 0 Å². The summed E-state index contributed by atoms with van der Waals surface area (Å²) in [5.74, 6) is 0. The van der Waals surface area contributed by atoms with Crippen LogP contribution in [0, 0.1) is 0 Å². The van der Waals surface area contributed by atoms with E-state index < -0.39 is 10.2 Å². The van der Waals surface area contributed by atoms with E-state index in [9.17, 15) is 8.42 Å². The van der Waals surface area contributed by atoms with E-state index in [1.165, 1.54) is 0 Å². The van der Waals surface area contributed by atoms with E-state index in [0.717, 1.165) is 19.3 Å². The van der Waals surface area contributed by atoms with Crippen molar-refractivity contribution in [2.75, 3.05) is 39.4 Å². The molecule has 0 unspecified atom stereocenters. The summed E-state index contributed by atoms with van der Waals surface area (Å²) in [5.41, 5.74) is 0. The molecule has 0 aromatic heterocycles. The first-order valence-corrected chi connectivity index (χ1v) is 6.94. The molecule has 2 aliphatic heterocycles. The highest BCUT2D eigenvalue weighted by Crippen LogP contribution is 2.17. The van der Waals surface area contributed by atoms with Crippen molar-refractivity contribution in [1.82, 2.24) is 8.61 Å². The highest BCUT2D eigenvalue weighted by molar-refractivity contribution is 7.86. The molecule has 0 aromatic rings. The van der Waals surface area contributed by atoms with Gasteiger partial charge in [0.1, 0.15) is 0 Å². The van der Waals surface area contributed by atoms with Crippen molar-refractivity contribution < 1.29 is 13.2 Å². The summed E-state index contributed by atoms with van der Waals surface area (Å²) in [6, 6.07) is 0. The monoisotopic (exact) mass is 234 g/mol. The van der Waals surface area contributed by atoms with Gasteiger partial charge in [0.2, 0.25) is 0 Å². The van der Waals surface area contributed by atoms with Gasteiger partial charge in [-0.05, 0) is 12.8 Å². The van der Waals surface area contributed by atoms with E-state index in [-0.39, 0.29) is 0 Å². The molecule has 88 valence electrons. The molecular formula is C9H18N2O3S. The van der Waals surface area contributed by atoms with Gasteiger partial charge in [-0.25, -0.2) is 0 Å². The molecule has 0 amide bonds. The van der Waals surface area contributed by atoms with Gasteiger partial charge in [0.05, 0.1) is 13.2 Å². The zero-order valence-electron chi connectivity index (χ0n) is 8.89. The minimum absolute atomic E-state index is 0.499. The van der Waals surface area contributed by atoms with E-state index in [2.05, 4.69) is 0 Å². The number of piperidine rings is 1. The van der Waals surface area contributed by atoms with Crippen molar-refractivity contribution in [2.45, 2.75) is 19.3 Å². The molecular weight excluding hydrogens is 216 g/mol. The van der Waals surface area contributed by atoms with Crippen LogP contribution in [0.2, 0.25) is 0 Å². The van der Waals surface area contributed by atoms with Crippen LogP contribution in [0.25, 0.3) is 0 Å². The Kier molecular flexibility index (Phi) is 3.60. The average molecular weight is 234 g/mol. The normalized spacial score (nSPS) is 26.7. The predicted octanol–water partition coefficient (Wildman–Crippen LogP) is 0.0493. The number of ether oxygens (including phenoxy) is 1. The van der Waals surface area contributed by atoms with Crippen LogP contribution in [0.3, 0.4) is 0 Å². The van der Waals surface area contributed by atoms with Gasteiger partial charge < -0.3 is 4.74 Å². The predicted molar refractivity (Wildman–Crippen MR) is 56.7 cm³/mol. The molecule has 6 heteroatoms. The number of hydrogen-bond acceptors (Lipinski definition) is 3. The van der Waals surface area contributed by atoms with Crippen LogP contribution in [-0.2, 0) is 14.9 Å². The highest BCUT2D eigenvalue weighted by Gasteiger charge is 2.31. The third-order valence-electron chi connectivity index (χ3n) is 2.94. The first-order valence-electron chi connectivity index (χ1n) is 5.54. The van der Waals surface area contributed by atoms with Crippen LogP contribution >= 0.6 is 0 Å². The van der Waals surface area contributed by atoms with Crippen LogP contribution < -0.4 is 0 Å². The van der Waals surface area contributed by atoms with Crippen LogP contribution in [0.1, 0.15) is 19.3 Å². The Labute approximate surface area is 91.2 Å². The van der Waals surface area contributed by atoms with E-state index in [1.807, 2.05) is 0 Å². The molecule has 0 spiro atoms. The summed E-state index contributed by atoms with van der Waals surface area (Å²) in [5, 5.41) is 0. The molecule has 2 aliphatic rings. The Morgan fingerprint density at radius 2 is 1.33 bits per heavy atom. The zero-order chi connectivity index (χ0) is 10.7. The average Bonchev–Trinajstić information content (AvgIpc) is 2.31. The SMILES string of the molecule is O=S(=O)(N1CCCCC1)N1CCOCC1. The molecule has 0 bridgehead atoms. The van der Waals surface area contributed by atoms with Crippen LogP contribution in [0.4, 0.5) is 0 Å². The van der Waals surface area contributed by atoms with Gasteiger partial charge in [0, 0.05) is 26.2 Å². The van der Waals surface area contributed by atoms with E-state index in [1.54, 1.807) is 8.61 Å². The fourth-order valence-electron chi connectivity index (χ4n) is 2.04. The Hall–Kier alpha value is -0.170. The van der Waals surface area contributed by atoms with Crippen LogP contribution in [0.5, 0.6) is 0 Å². The maximum Gasteiger partial charge on any atom is 0.282 e. The second-order valence-corrected chi connectivity index (χ2v) is 5.91. The molecule has 2 rings (SSSR count). The fraction of sp³-hybridized carbons (Fsp3) is 1.00. The highest BCUT2D eigenvalue weighted by atomic mass is 32.2. The molecule has 5 nitrogen and oxygen atoms in total. The molecule has 0 radical (unpaired) electrons. The van der Waals surface area contributed by atoms with Crippen molar-refractivity contribution in [3.8, 4) is 0 Å². The summed E-state index contributed by atoms with van der Waals surface area (Å²) < 4.78 is 32.6. The van der Waals surface area contributed by atoms with Gasteiger partial charge in [-0.2, -0.15) is 17.0 Å². The maximum absolute atomic E-state index is 12.1. The lowest BCUT2D eigenvalue weighted by Gasteiger charge is -2.33. The zero-order valence-corrected chi connectivity index (χ0v) is 9.71. The van der Waals surface area contributed by atoms with Crippen LogP contribution in [-0.4, -0.2) is 56.4 Å². The first kappa shape index (κ1) is 11.3. The van der Waals surface area contributed by atoms with Crippen molar-refractivity contribution in [2.24, 2.45) is 0 Å². The summed E-state index contributed by atoms with van der Waals surface area (Å²) in [6.45, 7) is 3.40. The Balaban J connectivity index is 2.03. The summed E-state index contributed by atoms with van der Waals surface area (Å²) >= 11 is 0. The molecule has 0 atom stereocenters. The van der Waals surface area contributed by atoms with Gasteiger partial charge >= 0.3 is 0 Å². The largest absolute Gasteiger partial charge is 0.379 e. The van der Waals surface area contributed by atoms with Gasteiger partial charge in [0.25, 0.3) is 10.2 Å². The maximum atomic E-state index is 12.1. The second-order valence-electron chi connectivity index (χ2n) is 3.98. The third kappa shape index (κ3) is 2.50. The smallest absolute Gasteiger partial charge is 0.282 e. The number of rotatable bonds is 2. The lowest BCUT2D eigenvalue weighted by Crippen LogP contribution is -2.49. The molecule has 0 aliphatic carbocycles. The minimum Gasteiger partial charge on any atom is -0.379 e. The fourth-order valence-corrected chi connectivity index (χ4v) is 3.69. The van der Waals surface area contributed by atoms with Gasteiger partial charge in [-0.1, -0.05) is 6.42 Å². The van der Waals surface area contributed by atoms with Crippen molar-refractivity contribution in [3.63, 3.8) is 0 Å². The third-order valence-corrected chi connectivity index (χ3v) is 4.97. The Morgan fingerprint density at radius 1 is 0.800 bits per heavy atom. The standard InChI is InChI=1S/C9H18N2O3S/c12-15(13,10-4-2-1-3-5-10)11-6-8-14-9-7-11/h1-9H2. The molecule has 2 heterocycles. The van der Waals surface area contributed by atoms with Crippen LogP contribution in [0.15, 0.2) is 0 Å². The molecule has 2 saturated heterocycles. The molecule has 2 fully saturated rings. The van der Waals surface area contributed by atoms with E-state index in [0.29, 0.717) is 39.4 Å².